The topological polar surface area (TPSA) is 50.2 Å². The maximum absolute atomic E-state index is 12.3. The van der Waals surface area contributed by atoms with Crippen molar-refractivity contribution in [2.24, 2.45) is 0 Å². The summed E-state index contributed by atoms with van der Waals surface area (Å²) in [4.78, 5) is 19.7. The van der Waals surface area contributed by atoms with Crippen LogP contribution >= 0.6 is 0 Å². The molecule has 39 heavy (non-hydrogen) atoms. The fourth-order valence-corrected chi connectivity index (χ4v) is 5.49. The molecule has 0 unspecified atom stereocenters. The Labute approximate surface area is 241 Å². The molecule has 4 aromatic carbocycles. The number of carbonyl (C=O) groups excluding carboxylic acids is 1. The van der Waals surface area contributed by atoms with Crippen molar-refractivity contribution in [1.82, 2.24) is 14.9 Å². The fourth-order valence-electron chi connectivity index (χ4n) is 5.49. The van der Waals surface area contributed by atoms with Crippen molar-refractivity contribution < 1.29 is 26.3 Å². The highest BCUT2D eigenvalue weighted by Gasteiger charge is 2.22. The number of nitrogens with one attached hydrogen (secondary N) is 1. The van der Waals surface area contributed by atoms with Crippen molar-refractivity contribution in [2.75, 3.05) is 52.7 Å². The monoisotopic (exact) mass is 587 g/mol. The lowest BCUT2D eigenvalue weighted by atomic mass is 10.00. The van der Waals surface area contributed by atoms with E-state index in [1.807, 2.05) is 6.92 Å². The van der Waals surface area contributed by atoms with Gasteiger partial charge in [-0.25, -0.2) is 4.98 Å². The Morgan fingerprint density at radius 2 is 1.49 bits per heavy atom. The largest absolute Gasteiger partial charge is 1.00 e. The Kier molecular flexibility index (Phi) is 8.62. The van der Waals surface area contributed by atoms with E-state index in [-0.39, 0.29) is 22.9 Å². The molecule has 5 rings (SSSR count). The molecule has 1 heterocycles. The van der Waals surface area contributed by atoms with Crippen LogP contribution in [0.25, 0.3) is 44.0 Å². The Bertz CT molecular complexity index is 1600. The van der Waals surface area contributed by atoms with Crippen molar-refractivity contribution in [3.63, 3.8) is 0 Å². The van der Waals surface area contributed by atoms with Crippen LogP contribution in [0.2, 0.25) is 0 Å². The van der Waals surface area contributed by atoms with Crippen LogP contribution < -0.4 is 27.2 Å². The van der Waals surface area contributed by atoms with Gasteiger partial charge in [0.15, 0.2) is 6.54 Å². The van der Waals surface area contributed by atoms with Gasteiger partial charge in [-0.05, 0) is 42.0 Å². The van der Waals surface area contributed by atoms with E-state index in [9.17, 15) is 4.79 Å². The van der Waals surface area contributed by atoms with Gasteiger partial charge in [0.2, 0.25) is 0 Å². The molecule has 1 amide bonds. The minimum absolute atomic E-state index is 0. The van der Waals surface area contributed by atoms with Crippen molar-refractivity contribution in [1.29, 1.82) is 0 Å². The molecule has 0 radical (unpaired) electrons. The van der Waals surface area contributed by atoms with E-state index in [0.29, 0.717) is 17.6 Å². The van der Waals surface area contributed by atoms with E-state index in [1.54, 1.807) is 0 Å². The van der Waals surface area contributed by atoms with E-state index in [4.69, 9.17) is 4.98 Å². The number of carbonyl (C=O) groups is 1. The maximum atomic E-state index is 12.3. The summed E-state index contributed by atoms with van der Waals surface area (Å²) in [6, 6.07) is 25.9. The highest BCUT2D eigenvalue weighted by molar-refractivity contribution is 6.23. The van der Waals surface area contributed by atoms with Crippen molar-refractivity contribution in [3.8, 4) is 11.4 Å². The van der Waals surface area contributed by atoms with Gasteiger partial charge in [-0.15, -0.1) is 0 Å². The molecule has 0 aliphatic carbocycles. The summed E-state index contributed by atoms with van der Waals surface area (Å²) in [5.41, 5.74) is 4.50. The molecule has 1 aromatic heterocycles. The molecule has 7 heteroatoms. The summed E-state index contributed by atoms with van der Waals surface area (Å²) in [5.74, 6) is 1.09. The van der Waals surface area contributed by atoms with Crippen LogP contribution in [0, 0.1) is 0 Å². The summed E-state index contributed by atoms with van der Waals surface area (Å²) in [6.07, 6.45) is 0.932. The van der Waals surface area contributed by atoms with E-state index < -0.39 is 0 Å². The first-order chi connectivity index (χ1) is 18.3. The third-order valence-corrected chi connectivity index (χ3v) is 7.35. The number of rotatable bonds is 9. The zero-order chi connectivity index (χ0) is 26.9. The lowest BCUT2D eigenvalue weighted by molar-refractivity contribution is -0.882. The average Bonchev–Trinajstić information content (AvgIpc) is 3.28. The average molecular weight is 589 g/mol. The van der Waals surface area contributed by atoms with Crippen LogP contribution in [0.4, 0.5) is 5.69 Å². The van der Waals surface area contributed by atoms with Gasteiger partial charge < -0.3 is 36.2 Å². The predicted octanol–water partition coefficient (Wildman–Crippen LogP) is 2.68. The van der Waals surface area contributed by atoms with Crippen LogP contribution in [-0.2, 0) is 11.3 Å². The smallest absolute Gasteiger partial charge is 0.275 e. The minimum atomic E-state index is 0. The van der Waals surface area contributed by atoms with Gasteiger partial charge in [0, 0.05) is 55.6 Å². The molecule has 0 spiro atoms. The Morgan fingerprint density at radius 1 is 0.897 bits per heavy atom. The maximum Gasteiger partial charge on any atom is 0.275 e. The molecule has 0 saturated heterocycles. The molecule has 5 aromatic rings. The molecule has 0 aliphatic rings. The molecule has 0 atom stereocenters. The van der Waals surface area contributed by atoms with Crippen LogP contribution in [0.15, 0.2) is 72.8 Å². The number of hydrogen-bond acceptors (Lipinski definition) is 3. The molecular formula is C32H38BrN5O. The predicted molar refractivity (Wildman–Crippen MR) is 160 cm³/mol. The van der Waals surface area contributed by atoms with Gasteiger partial charge in [-0.1, -0.05) is 48.5 Å². The normalized spacial score (nSPS) is 11.6. The van der Waals surface area contributed by atoms with Gasteiger partial charge in [0.1, 0.15) is 5.82 Å². The number of likely N-dealkylation sites (N-methyl/N-ethyl adjacent to an activating group) is 2. The number of aromatic nitrogens is 2. The van der Waals surface area contributed by atoms with Gasteiger partial charge in [0.25, 0.3) is 5.91 Å². The van der Waals surface area contributed by atoms with Gasteiger partial charge in [-0.3, -0.25) is 4.79 Å². The second-order valence-electron chi connectivity index (χ2n) is 10.9. The molecular weight excluding hydrogens is 550 g/mol. The second-order valence-corrected chi connectivity index (χ2v) is 10.9. The molecule has 1 N–H and O–H groups in total. The summed E-state index contributed by atoms with van der Waals surface area (Å²) >= 11 is 0. The molecule has 204 valence electrons. The van der Waals surface area contributed by atoms with Crippen LogP contribution in [0.5, 0.6) is 0 Å². The van der Waals surface area contributed by atoms with E-state index in [0.717, 1.165) is 42.1 Å². The summed E-state index contributed by atoms with van der Waals surface area (Å²) in [6.45, 7) is 4.81. The number of halogens is 1. The summed E-state index contributed by atoms with van der Waals surface area (Å²) < 4.78 is 3.05. The van der Waals surface area contributed by atoms with Crippen LogP contribution in [0.3, 0.4) is 0 Å². The number of benzene rings is 4. The number of hydrogen-bond donors (Lipinski definition) is 1. The minimum Gasteiger partial charge on any atom is -1.00 e. The molecule has 0 bridgehead atoms. The SMILES string of the molecule is CCNC(=O)C[N+](C)(C)CCCn1c(-c2ccc(N(C)C)cc2)nc2c3ccccc3c3ccccc3c21.[Br-]. The zero-order valence-corrected chi connectivity index (χ0v) is 25.1. The van der Waals surface area contributed by atoms with Crippen molar-refractivity contribution in [2.45, 2.75) is 19.9 Å². The number of amides is 1. The Hall–Kier alpha value is -3.42. The Balaban J connectivity index is 0.00000353. The fraction of sp³-hybridized carbons (Fsp3) is 0.312. The molecule has 6 nitrogen and oxygen atoms in total. The van der Waals surface area contributed by atoms with E-state index in [2.05, 4.69) is 116 Å². The van der Waals surface area contributed by atoms with Crippen molar-refractivity contribution >= 4 is 44.2 Å². The highest BCUT2D eigenvalue weighted by atomic mass is 79.9. The first-order valence-corrected chi connectivity index (χ1v) is 13.4. The number of anilines is 1. The third kappa shape index (κ3) is 5.80. The molecule has 0 saturated carbocycles. The van der Waals surface area contributed by atoms with Crippen molar-refractivity contribution in [3.05, 3.63) is 72.8 Å². The van der Waals surface area contributed by atoms with Crippen LogP contribution in [-0.4, -0.2) is 67.8 Å². The summed E-state index contributed by atoms with van der Waals surface area (Å²) in [7, 11) is 8.38. The van der Waals surface area contributed by atoms with Crippen LogP contribution in [0.1, 0.15) is 13.3 Å². The zero-order valence-electron chi connectivity index (χ0n) is 23.5. The number of quaternary nitrogens is 1. The first kappa shape index (κ1) is 28.6. The number of aryl methyl sites for hydroxylation is 1. The third-order valence-electron chi connectivity index (χ3n) is 7.35. The molecule has 0 fully saturated rings. The van der Waals surface area contributed by atoms with Gasteiger partial charge in [-0.2, -0.15) is 0 Å². The second kappa shape index (κ2) is 11.8. The van der Waals surface area contributed by atoms with Gasteiger partial charge in [0.05, 0.1) is 31.7 Å². The highest BCUT2D eigenvalue weighted by Crippen LogP contribution is 2.37. The molecule has 0 aliphatic heterocycles. The lowest BCUT2D eigenvalue weighted by Gasteiger charge is -2.29. The number of nitrogens with zero attached hydrogens (tertiary/aromatic N) is 4. The quantitative estimate of drug-likeness (QED) is 0.213. The standard InChI is InChI=1S/C32H37N5O.BrH/c1-6-33-29(38)22-37(4,5)21-11-20-36-31-28-15-10-8-13-26(28)25-12-7-9-14-27(25)30(31)34-32(36)23-16-18-24(19-17-23)35(2)3;/h7-10,12-19H,6,11,20-22H2,1-5H3;1H. The Morgan fingerprint density at radius 3 is 2.10 bits per heavy atom. The first-order valence-electron chi connectivity index (χ1n) is 13.4. The number of fused-ring (bicyclic) bond motifs is 6. The van der Waals surface area contributed by atoms with Gasteiger partial charge >= 0.3 is 0 Å². The summed E-state index contributed by atoms with van der Waals surface area (Å²) in [5, 5.41) is 7.82. The lowest BCUT2D eigenvalue weighted by Crippen LogP contribution is -3.00. The van der Waals surface area contributed by atoms with E-state index in [1.165, 1.54) is 27.1 Å². The van der Waals surface area contributed by atoms with E-state index >= 15 is 0 Å². The number of imidazole rings is 1.